The Balaban J connectivity index is 1.35. The van der Waals surface area contributed by atoms with Gasteiger partial charge in [0.1, 0.15) is 22.3 Å². The molecule has 7 heterocycles. The Bertz CT molecular complexity index is 3220. The van der Waals surface area contributed by atoms with Crippen LogP contribution in [0.5, 0.6) is 0 Å². The predicted molar refractivity (Wildman–Crippen MR) is 186 cm³/mol. The Morgan fingerprint density at radius 3 is 2.02 bits per heavy atom. The van der Waals surface area contributed by atoms with Crippen LogP contribution in [0.15, 0.2) is 129 Å². The van der Waals surface area contributed by atoms with Crippen molar-refractivity contribution in [1.82, 2.24) is 9.05 Å². The zero-order valence-corrected chi connectivity index (χ0v) is 24.2. The highest BCUT2D eigenvalue weighted by atomic mass is 16.3. The van der Waals surface area contributed by atoms with Crippen molar-refractivity contribution >= 4 is 106 Å². The number of fused-ring (bicyclic) bond motifs is 18. The molecule has 5 nitrogen and oxygen atoms in total. The summed E-state index contributed by atoms with van der Waals surface area (Å²) in [5.41, 5.74) is 14.8. The molecule has 0 saturated heterocycles. The summed E-state index contributed by atoms with van der Waals surface area (Å²) < 4.78 is 25.2. The lowest BCUT2D eigenvalue weighted by atomic mass is 9.45. The highest BCUT2D eigenvalue weighted by Gasteiger charge is 2.44. The number of furan rings is 3. The molecule has 13 rings (SSSR count). The maximum atomic E-state index is 6.87. The lowest BCUT2D eigenvalue weighted by molar-refractivity contribution is 0.650. The van der Waals surface area contributed by atoms with Crippen LogP contribution in [0, 0.1) is 0 Å². The summed E-state index contributed by atoms with van der Waals surface area (Å²) in [6, 6.07) is 40.9. The van der Waals surface area contributed by atoms with Gasteiger partial charge in [0.25, 0.3) is 0 Å². The van der Waals surface area contributed by atoms with Crippen molar-refractivity contribution < 1.29 is 13.3 Å². The summed E-state index contributed by atoms with van der Waals surface area (Å²) in [5.74, 6) is 0. The van der Waals surface area contributed by atoms with Crippen LogP contribution in [0.25, 0.3) is 105 Å². The molecule has 2 aliphatic heterocycles. The molecule has 0 radical (unpaired) electrons. The normalized spacial score (nSPS) is 13.6. The first-order valence-electron chi connectivity index (χ1n) is 15.7. The van der Waals surface area contributed by atoms with Crippen molar-refractivity contribution in [3.63, 3.8) is 0 Å². The van der Waals surface area contributed by atoms with Crippen LogP contribution in [0.2, 0.25) is 0 Å². The molecule has 210 valence electrons. The molecule has 0 bridgehead atoms. The summed E-state index contributed by atoms with van der Waals surface area (Å²) in [6.45, 7) is -0.125. The first-order valence-corrected chi connectivity index (χ1v) is 15.7. The van der Waals surface area contributed by atoms with Gasteiger partial charge in [-0.2, -0.15) is 0 Å². The molecular weight excluding hydrogens is 567 g/mol. The van der Waals surface area contributed by atoms with Crippen molar-refractivity contribution in [3.8, 4) is 16.8 Å². The van der Waals surface area contributed by atoms with Crippen molar-refractivity contribution in [2.24, 2.45) is 0 Å². The van der Waals surface area contributed by atoms with Crippen LogP contribution in [-0.2, 0) is 0 Å². The summed E-state index contributed by atoms with van der Waals surface area (Å²) in [7, 11) is 0. The van der Waals surface area contributed by atoms with Gasteiger partial charge in [-0.15, -0.1) is 0 Å². The zero-order chi connectivity index (χ0) is 29.4. The molecule has 0 fully saturated rings. The lowest BCUT2D eigenvalue weighted by Crippen LogP contribution is -2.55. The van der Waals surface area contributed by atoms with Crippen molar-refractivity contribution in [1.29, 1.82) is 0 Å². The number of nitrogens with zero attached hydrogens (tertiary/aromatic N) is 2. The molecule has 46 heavy (non-hydrogen) atoms. The number of para-hydroxylation sites is 5. The van der Waals surface area contributed by atoms with E-state index < -0.39 is 0 Å². The second kappa shape index (κ2) is 7.22. The molecule has 6 heteroatoms. The van der Waals surface area contributed by atoms with E-state index in [4.69, 9.17) is 13.3 Å². The average Bonchev–Trinajstić information content (AvgIpc) is 3.89. The van der Waals surface area contributed by atoms with Crippen LogP contribution < -0.4 is 10.9 Å². The summed E-state index contributed by atoms with van der Waals surface area (Å²) >= 11 is 0. The van der Waals surface area contributed by atoms with Crippen molar-refractivity contribution in [2.45, 2.75) is 0 Å². The summed E-state index contributed by atoms with van der Waals surface area (Å²) in [5, 5.41) is 7.98. The minimum absolute atomic E-state index is 0.125. The molecule has 5 aromatic heterocycles. The molecule has 0 unspecified atom stereocenters. The monoisotopic (exact) mass is 586 g/mol. The Morgan fingerprint density at radius 1 is 0.478 bits per heavy atom. The summed E-state index contributed by atoms with van der Waals surface area (Å²) in [6.07, 6.45) is 0. The minimum atomic E-state index is -0.125. The molecule has 2 aliphatic rings. The quantitative estimate of drug-likeness (QED) is 0.167. The predicted octanol–water partition coefficient (Wildman–Crippen LogP) is 9.23. The molecule has 11 aromatic rings. The van der Waals surface area contributed by atoms with Gasteiger partial charge in [0.05, 0.1) is 16.6 Å². The highest BCUT2D eigenvalue weighted by molar-refractivity contribution is 6.90. The standard InChI is InChI=1S/C40H19BN2O3/c1-4-16-29-20(9-1)27-19-26-21-12-7-13-24-32-22-10-2-5-17-30(22)46-40(32)43(34(21)24)41-28-15-8-14-25-35(28)42(37(33(26)41)39(27)44-29)36-23-11-3-6-18-31(23)45-38(25)36/h1-19H. The smallest absolute Gasteiger partial charge is 0.336 e. The van der Waals surface area contributed by atoms with E-state index in [2.05, 4.69) is 112 Å². The van der Waals surface area contributed by atoms with Gasteiger partial charge in [0.2, 0.25) is 0 Å². The van der Waals surface area contributed by atoms with E-state index >= 15 is 0 Å². The van der Waals surface area contributed by atoms with Gasteiger partial charge in [0, 0.05) is 43.4 Å². The van der Waals surface area contributed by atoms with E-state index in [9.17, 15) is 0 Å². The van der Waals surface area contributed by atoms with Gasteiger partial charge in [-0.3, -0.25) is 0 Å². The lowest BCUT2D eigenvalue weighted by Gasteiger charge is -2.33. The molecular formula is C40H19BN2O3. The fourth-order valence-electron chi connectivity index (χ4n) is 9.02. The molecule has 6 aromatic carbocycles. The second-order valence-electron chi connectivity index (χ2n) is 12.8. The molecule has 0 atom stereocenters. The molecule has 0 saturated carbocycles. The topological polar surface area (TPSA) is 49.3 Å². The zero-order valence-electron chi connectivity index (χ0n) is 24.2. The first kappa shape index (κ1) is 22.4. The fourth-order valence-corrected chi connectivity index (χ4v) is 9.02. The Hall–Kier alpha value is -6.14. The van der Waals surface area contributed by atoms with E-state index in [0.29, 0.717) is 0 Å². The summed E-state index contributed by atoms with van der Waals surface area (Å²) in [4.78, 5) is 0. The van der Waals surface area contributed by atoms with Crippen LogP contribution in [-0.4, -0.2) is 15.9 Å². The van der Waals surface area contributed by atoms with Crippen LogP contribution in [0.3, 0.4) is 0 Å². The molecule has 0 N–H and O–H groups in total. The number of hydrogen-bond donors (Lipinski definition) is 0. The number of aromatic nitrogens is 2. The van der Waals surface area contributed by atoms with Gasteiger partial charge in [0.15, 0.2) is 16.9 Å². The maximum Gasteiger partial charge on any atom is 0.336 e. The van der Waals surface area contributed by atoms with Crippen LogP contribution in [0.1, 0.15) is 0 Å². The molecule has 0 aliphatic carbocycles. The minimum Gasteiger partial charge on any atom is -0.454 e. The average molecular weight is 586 g/mol. The van der Waals surface area contributed by atoms with E-state index in [1.165, 1.54) is 38.3 Å². The van der Waals surface area contributed by atoms with E-state index in [1.807, 2.05) is 12.1 Å². The van der Waals surface area contributed by atoms with E-state index in [0.717, 1.165) is 77.3 Å². The Morgan fingerprint density at radius 2 is 1.15 bits per heavy atom. The SMILES string of the molecule is c1ccc2c(c1)oc1c3c4c(cc12)-c1cccc2c5c6ccccc6oc5n(c12)B4c1cccc2c4oc5ccccc5c4n-3c12. The third kappa shape index (κ3) is 2.26. The van der Waals surface area contributed by atoms with Gasteiger partial charge in [-0.25, -0.2) is 0 Å². The van der Waals surface area contributed by atoms with Gasteiger partial charge >= 0.3 is 6.85 Å². The third-order valence-electron chi connectivity index (χ3n) is 10.7. The number of benzene rings is 6. The largest absolute Gasteiger partial charge is 0.454 e. The highest BCUT2D eigenvalue weighted by Crippen LogP contribution is 2.49. The van der Waals surface area contributed by atoms with Crippen molar-refractivity contribution in [2.75, 3.05) is 0 Å². The number of rotatable bonds is 0. The van der Waals surface area contributed by atoms with E-state index in [-0.39, 0.29) is 6.85 Å². The van der Waals surface area contributed by atoms with Gasteiger partial charge in [-0.1, -0.05) is 78.9 Å². The van der Waals surface area contributed by atoms with Crippen LogP contribution in [0.4, 0.5) is 0 Å². The van der Waals surface area contributed by atoms with Gasteiger partial charge < -0.3 is 22.3 Å². The first-order chi connectivity index (χ1) is 22.8. The fraction of sp³-hybridized carbons (Fsp3) is 0. The van der Waals surface area contributed by atoms with E-state index in [1.54, 1.807) is 0 Å². The second-order valence-corrected chi connectivity index (χ2v) is 12.8. The van der Waals surface area contributed by atoms with Crippen molar-refractivity contribution in [3.05, 3.63) is 115 Å². The molecule has 0 spiro atoms. The van der Waals surface area contributed by atoms with Gasteiger partial charge in [-0.05, 0) is 52.9 Å². The Kier molecular flexibility index (Phi) is 3.51. The molecule has 0 amide bonds. The number of hydrogen-bond acceptors (Lipinski definition) is 3. The maximum absolute atomic E-state index is 6.87. The third-order valence-corrected chi connectivity index (χ3v) is 10.7. The Labute approximate surface area is 259 Å². The van der Waals surface area contributed by atoms with Crippen LogP contribution >= 0.6 is 0 Å².